The number of aryl methyl sites for hydroxylation is 1. The highest BCUT2D eigenvalue weighted by Crippen LogP contribution is 2.30. The summed E-state index contributed by atoms with van der Waals surface area (Å²) in [5.74, 6) is -0.334. The molecule has 1 aromatic heterocycles. The number of nitrogens with zero attached hydrogens (tertiary/aromatic N) is 3. The highest BCUT2D eigenvalue weighted by atomic mass is 19.1. The molecular weight excluding hydrogens is 267 g/mol. The van der Waals surface area contributed by atoms with Crippen molar-refractivity contribution in [3.8, 4) is 6.07 Å². The van der Waals surface area contributed by atoms with E-state index in [2.05, 4.69) is 37.3 Å². The lowest BCUT2D eigenvalue weighted by Gasteiger charge is -2.20. The third kappa shape index (κ3) is 3.40. The number of anilines is 1. The predicted molar refractivity (Wildman–Crippen MR) is 80.3 cm³/mol. The fourth-order valence-corrected chi connectivity index (χ4v) is 2.23. The van der Waals surface area contributed by atoms with E-state index in [1.54, 1.807) is 16.8 Å². The summed E-state index contributed by atoms with van der Waals surface area (Å²) in [5.41, 5.74) is 2.08. The molecule has 1 aromatic carbocycles. The molecule has 21 heavy (non-hydrogen) atoms. The Morgan fingerprint density at radius 3 is 2.67 bits per heavy atom. The molecule has 0 bridgehead atoms. The molecule has 0 saturated heterocycles. The number of hydrogen-bond acceptors (Lipinski definition) is 3. The Morgan fingerprint density at radius 2 is 2.10 bits per heavy atom. The van der Waals surface area contributed by atoms with Crippen LogP contribution in [-0.2, 0) is 12.5 Å². The van der Waals surface area contributed by atoms with Gasteiger partial charge in [0.05, 0.1) is 11.8 Å². The molecule has 0 spiro atoms. The van der Waals surface area contributed by atoms with Crippen LogP contribution < -0.4 is 5.32 Å². The number of aromatic nitrogens is 2. The second kappa shape index (κ2) is 5.57. The van der Waals surface area contributed by atoms with E-state index in [0.717, 1.165) is 11.3 Å². The summed E-state index contributed by atoms with van der Waals surface area (Å²) >= 11 is 0. The molecule has 5 heteroatoms. The van der Waals surface area contributed by atoms with Crippen LogP contribution >= 0.6 is 0 Å². The number of halogens is 1. The molecule has 0 aliphatic heterocycles. The largest absolute Gasteiger partial charge is 0.366 e. The Morgan fingerprint density at radius 1 is 1.38 bits per heavy atom. The average Bonchev–Trinajstić information content (AvgIpc) is 2.78. The molecule has 0 fully saturated rings. The van der Waals surface area contributed by atoms with Crippen LogP contribution in [0.4, 0.5) is 10.1 Å². The number of benzene rings is 1. The summed E-state index contributed by atoms with van der Waals surface area (Å²) in [5, 5.41) is 17.0. The monoisotopic (exact) mass is 286 g/mol. The third-order valence-corrected chi connectivity index (χ3v) is 3.14. The van der Waals surface area contributed by atoms with Crippen LogP contribution in [0.1, 0.15) is 38.1 Å². The van der Waals surface area contributed by atoms with Gasteiger partial charge < -0.3 is 5.32 Å². The standard InChI is InChI=1S/C16H19FN4/c1-16(2,3)15-13(10-21(4)20-15)14(9-18)19-12-7-5-6-11(17)8-12/h5-8,10,14,19H,1-4H3. The summed E-state index contributed by atoms with van der Waals surface area (Å²) in [7, 11) is 1.83. The lowest BCUT2D eigenvalue weighted by atomic mass is 9.87. The zero-order valence-electron chi connectivity index (χ0n) is 12.7. The second-order valence-corrected chi connectivity index (χ2v) is 6.07. The van der Waals surface area contributed by atoms with Gasteiger partial charge in [0, 0.05) is 29.9 Å². The molecule has 4 nitrogen and oxygen atoms in total. The van der Waals surface area contributed by atoms with Crippen molar-refractivity contribution in [3.63, 3.8) is 0 Å². The second-order valence-electron chi connectivity index (χ2n) is 6.07. The first kappa shape index (κ1) is 15.0. The molecule has 0 aliphatic rings. The molecule has 0 amide bonds. The molecule has 1 unspecified atom stereocenters. The molecule has 2 aromatic rings. The van der Waals surface area contributed by atoms with E-state index in [-0.39, 0.29) is 11.2 Å². The van der Waals surface area contributed by atoms with Gasteiger partial charge in [-0.25, -0.2) is 4.39 Å². The van der Waals surface area contributed by atoms with E-state index < -0.39 is 6.04 Å². The Kier molecular flexibility index (Phi) is 3.99. The lowest BCUT2D eigenvalue weighted by molar-refractivity contribution is 0.547. The van der Waals surface area contributed by atoms with Crippen molar-refractivity contribution >= 4 is 5.69 Å². The Balaban J connectivity index is 2.37. The number of rotatable bonds is 3. The van der Waals surface area contributed by atoms with Gasteiger partial charge in [-0.1, -0.05) is 26.8 Å². The molecule has 110 valence electrons. The van der Waals surface area contributed by atoms with E-state index in [1.165, 1.54) is 12.1 Å². The van der Waals surface area contributed by atoms with Crippen LogP contribution in [0.15, 0.2) is 30.5 Å². The molecule has 0 saturated carbocycles. The number of nitrogens with one attached hydrogen (secondary N) is 1. The van der Waals surface area contributed by atoms with Crippen molar-refractivity contribution in [1.29, 1.82) is 5.26 Å². The summed E-state index contributed by atoms with van der Waals surface area (Å²) in [6, 6.07) is 7.74. The minimum absolute atomic E-state index is 0.171. The maximum Gasteiger partial charge on any atom is 0.143 e. The van der Waals surface area contributed by atoms with E-state index >= 15 is 0 Å². The molecule has 1 N–H and O–H groups in total. The van der Waals surface area contributed by atoms with Crippen molar-refractivity contribution in [1.82, 2.24) is 9.78 Å². The zero-order chi connectivity index (χ0) is 15.6. The van der Waals surface area contributed by atoms with Crippen LogP contribution in [0.3, 0.4) is 0 Å². The van der Waals surface area contributed by atoms with Crippen LogP contribution in [0, 0.1) is 17.1 Å². The molecule has 0 radical (unpaired) electrons. The Bertz CT molecular complexity index is 676. The first-order valence-corrected chi connectivity index (χ1v) is 6.77. The van der Waals surface area contributed by atoms with Gasteiger partial charge in [0.15, 0.2) is 0 Å². The first-order valence-electron chi connectivity index (χ1n) is 6.77. The van der Waals surface area contributed by atoms with Crippen molar-refractivity contribution in [2.45, 2.75) is 32.2 Å². The minimum atomic E-state index is -0.574. The SMILES string of the molecule is Cn1cc(C(C#N)Nc2cccc(F)c2)c(C(C)(C)C)n1. The normalized spacial score (nSPS) is 12.8. The van der Waals surface area contributed by atoms with E-state index in [0.29, 0.717) is 5.69 Å². The van der Waals surface area contributed by atoms with Gasteiger partial charge in [0.2, 0.25) is 0 Å². The predicted octanol–water partition coefficient (Wildman–Crippen LogP) is 3.53. The minimum Gasteiger partial charge on any atom is -0.366 e. The van der Waals surface area contributed by atoms with Crippen LogP contribution in [-0.4, -0.2) is 9.78 Å². The van der Waals surface area contributed by atoms with Crippen LogP contribution in [0.25, 0.3) is 0 Å². The average molecular weight is 286 g/mol. The maximum atomic E-state index is 13.3. The van der Waals surface area contributed by atoms with Crippen molar-refractivity contribution in [2.24, 2.45) is 7.05 Å². The first-order chi connectivity index (χ1) is 9.81. The van der Waals surface area contributed by atoms with E-state index in [9.17, 15) is 9.65 Å². The smallest absolute Gasteiger partial charge is 0.143 e. The van der Waals surface area contributed by atoms with Gasteiger partial charge in [-0.3, -0.25) is 4.68 Å². The van der Waals surface area contributed by atoms with Gasteiger partial charge in [-0.2, -0.15) is 10.4 Å². The van der Waals surface area contributed by atoms with Crippen molar-refractivity contribution in [2.75, 3.05) is 5.32 Å². The maximum absolute atomic E-state index is 13.3. The van der Waals surface area contributed by atoms with Crippen LogP contribution in [0.2, 0.25) is 0 Å². The summed E-state index contributed by atoms with van der Waals surface area (Å²) in [6.07, 6.45) is 1.83. The number of nitriles is 1. The van der Waals surface area contributed by atoms with Crippen molar-refractivity contribution in [3.05, 3.63) is 47.5 Å². The summed E-state index contributed by atoms with van der Waals surface area (Å²) in [6.45, 7) is 6.15. The highest BCUT2D eigenvalue weighted by molar-refractivity contribution is 5.48. The van der Waals surface area contributed by atoms with Gasteiger partial charge in [-0.05, 0) is 18.2 Å². The topological polar surface area (TPSA) is 53.6 Å². The van der Waals surface area contributed by atoms with Gasteiger partial charge in [-0.15, -0.1) is 0 Å². The molecule has 1 atom stereocenters. The van der Waals surface area contributed by atoms with Gasteiger partial charge in [0.25, 0.3) is 0 Å². The lowest BCUT2D eigenvalue weighted by Crippen LogP contribution is -2.18. The molecule has 0 aliphatic carbocycles. The molecule has 2 rings (SSSR count). The van der Waals surface area contributed by atoms with E-state index in [1.807, 2.05) is 13.2 Å². The molecule has 1 heterocycles. The highest BCUT2D eigenvalue weighted by Gasteiger charge is 2.26. The quantitative estimate of drug-likeness (QED) is 0.939. The number of hydrogen-bond donors (Lipinski definition) is 1. The molecular formula is C16H19FN4. The third-order valence-electron chi connectivity index (χ3n) is 3.14. The Labute approximate surface area is 124 Å². The summed E-state index contributed by atoms with van der Waals surface area (Å²) in [4.78, 5) is 0. The zero-order valence-corrected chi connectivity index (χ0v) is 12.7. The van der Waals surface area contributed by atoms with Gasteiger partial charge in [0.1, 0.15) is 11.9 Å². The van der Waals surface area contributed by atoms with E-state index in [4.69, 9.17) is 0 Å². The fraction of sp³-hybridized carbons (Fsp3) is 0.375. The van der Waals surface area contributed by atoms with Gasteiger partial charge >= 0.3 is 0 Å². The fourth-order valence-electron chi connectivity index (χ4n) is 2.23. The Hall–Kier alpha value is -2.35. The summed E-state index contributed by atoms with van der Waals surface area (Å²) < 4.78 is 15.0. The van der Waals surface area contributed by atoms with Crippen LogP contribution in [0.5, 0.6) is 0 Å². The van der Waals surface area contributed by atoms with Crippen molar-refractivity contribution < 1.29 is 4.39 Å².